The molecule has 2 unspecified atom stereocenters. The summed E-state index contributed by atoms with van der Waals surface area (Å²) in [4.78, 5) is 26.3. The SMILES string of the molecule is CC1CCC(C(=O)N2CCC[C@@H]2C(=O)OC(C)(C)C)O1. The first kappa shape index (κ1) is 15.3. The van der Waals surface area contributed by atoms with Gasteiger partial charge in [-0.2, -0.15) is 0 Å². The quantitative estimate of drug-likeness (QED) is 0.726. The largest absolute Gasteiger partial charge is 0.458 e. The first-order chi connectivity index (χ1) is 9.28. The molecule has 2 aliphatic heterocycles. The number of esters is 1. The van der Waals surface area contributed by atoms with E-state index in [1.807, 2.05) is 27.7 Å². The van der Waals surface area contributed by atoms with E-state index in [-0.39, 0.29) is 24.1 Å². The molecular formula is C15H25NO4. The summed E-state index contributed by atoms with van der Waals surface area (Å²) in [6.07, 6.45) is 2.93. The Hall–Kier alpha value is -1.10. The molecule has 2 fully saturated rings. The van der Waals surface area contributed by atoms with Gasteiger partial charge in [-0.1, -0.05) is 0 Å². The topological polar surface area (TPSA) is 55.8 Å². The summed E-state index contributed by atoms with van der Waals surface area (Å²) < 4.78 is 11.0. The van der Waals surface area contributed by atoms with E-state index < -0.39 is 11.6 Å². The molecule has 114 valence electrons. The highest BCUT2D eigenvalue weighted by atomic mass is 16.6. The van der Waals surface area contributed by atoms with Gasteiger partial charge in [-0.25, -0.2) is 4.79 Å². The molecule has 5 heteroatoms. The van der Waals surface area contributed by atoms with Crippen molar-refractivity contribution in [3.8, 4) is 0 Å². The summed E-state index contributed by atoms with van der Waals surface area (Å²) in [6.45, 7) is 8.12. The van der Waals surface area contributed by atoms with E-state index in [0.717, 1.165) is 19.3 Å². The summed E-state index contributed by atoms with van der Waals surface area (Å²) in [7, 11) is 0. The molecule has 2 rings (SSSR count). The Bertz CT molecular complexity index is 388. The molecule has 2 aliphatic rings. The maximum absolute atomic E-state index is 12.5. The first-order valence-electron chi connectivity index (χ1n) is 7.47. The minimum atomic E-state index is -0.521. The van der Waals surface area contributed by atoms with Crippen LogP contribution in [-0.4, -0.2) is 47.2 Å². The fourth-order valence-electron chi connectivity index (χ4n) is 2.81. The number of likely N-dealkylation sites (tertiary alicyclic amines) is 1. The molecule has 0 aliphatic carbocycles. The van der Waals surface area contributed by atoms with Crippen LogP contribution >= 0.6 is 0 Å². The average molecular weight is 283 g/mol. The molecule has 0 N–H and O–H groups in total. The maximum atomic E-state index is 12.5. The fourth-order valence-corrected chi connectivity index (χ4v) is 2.81. The minimum absolute atomic E-state index is 0.0530. The lowest BCUT2D eigenvalue weighted by Crippen LogP contribution is -2.47. The van der Waals surface area contributed by atoms with Crippen molar-refractivity contribution in [2.24, 2.45) is 0 Å². The standard InChI is InChI=1S/C15H25NO4/c1-10-7-8-12(19-10)13(17)16-9-5-6-11(16)14(18)20-15(2,3)4/h10-12H,5-9H2,1-4H3/t10?,11-,12?/m1/s1. The molecule has 0 aromatic carbocycles. The summed E-state index contributed by atoms with van der Waals surface area (Å²) in [5.41, 5.74) is -0.521. The van der Waals surface area contributed by atoms with Crippen LogP contribution in [0.5, 0.6) is 0 Å². The van der Waals surface area contributed by atoms with Crippen molar-refractivity contribution < 1.29 is 19.1 Å². The van der Waals surface area contributed by atoms with Crippen LogP contribution in [0.1, 0.15) is 53.4 Å². The predicted molar refractivity (Wildman–Crippen MR) is 74.1 cm³/mol. The molecule has 2 saturated heterocycles. The molecule has 0 bridgehead atoms. The number of carbonyl (C=O) groups is 2. The van der Waals surface area contributed by atoms with Crippen molar-refractivity contribution in [3.63, 3.8) is 0 Å². The highest BCUT2D eigenvalue weighted by Crippen LogP contribution is 2.26. The Balaban J connectivity index is 2.00. The van der Waals surface area contributed by atoms with Crippen LogP contribution in [0.2, 0.25) is 0 Å². The number of carbonyl (C=O) groups excluding carboxylic acids is 2. The van der Waals surface area contributed by atoms with E-state index in [2.05, 4.69) is 0 Å². The van der Waals surface area contributed by atoms with E-state index in [1.165, 1.54) is 0 Å². The van der Waals surface area contributed by atoms with Crippen LogP contribution in [0.25, 0.3) is 0 Å². The Kier molecular flexibility index (Phi) is 4.37. The average Bonchev–Trinajstić information content (AvgIpc) is 2.93. The van der Waals surface area contributed by atoms with E-state index in [1.54, 1.807) is 4.90 Å². The van der Waals surface area contributed by atoms with Gasteiger partial charge in [0.2, 0.25) is 0 Å². The predicted octanol–water partition coefficient (Wildman–Crippen LogP) is 1.89. The number of rotatable bonds is 2. The molecule has 0 spiro atoms. The number of ether oxygens (including phenoxy) is 2. The molecule has 5 nitrogen and oxygen atoms in total. The van der Waals surface area contributed by atoms with Crippen molar-refractivity contribution >= 4 is 11.9 Å². The van der Waals surface area contributed by atoms with Gasteiger partial charge in [-0.3, -0.25) is 4.79 Å². The first-order valence-corrected chi connectivity index (χ1v) is 7.47. The minimum Gasteiger partial charge on any atom is -0.458 e. The third-order valence-electron chi connectivity index (χ3n) is 3.72. The van der Waals surface area contributed by atoms with E-state index >= 15 is 0 Å². The lowest BCUT2D eigenvalue weighted by Gasteiger charge is -2.28. The van der Waals surface area contributed by atoms with Gasteiger partial charge in [0.1, 0.15) is 17.7 Å². The number of hydrogen-bond acceptors (Lipinski definition) is 4. The Morgan fingerprint density at radius 3 is 2.45 bits per heavy atom. The van der Waals surface area contributed by atoms with Gasteiger partial charge in [0, 0.05) is 6.54 Å². The number of hydrogen-bond donors (Lipinski definition) is 0. The van der Waals surface area contributed by atoms with Gasteiger partial charge >= 0.3 is 5.97 Å². The van der Waals surface area contributed by atoms with Gasteiger partial charge in [0.15, 0.2) is 0 Å². The smallest absolute Gasteiger partial charge is 0.329 e. The zero-order chi connectivity index (χ0) is 14.9. The highest BCUT2D eigenvalue weighted by Gasteiger charge is 2.41. The molecule has 20 heavy (non-hydrogen) atoms. The summed E-state index contributed by atoms with van der Waals surface area (Å²) in [6, 6.07) is -0.443. The molecule has 2 heterocycles. The van der Waals surface area contributed by atoms with Crippen molar-refractivity contribution in [1.82, 2.24) is 4.90 Å². The van der Waals surface area contributed by atoms with E-state index in [9.17, 15) is 9.59 Å². The fraction of sp³-hybridized carbons (Fsp3) is 0.867. The molecule has 3 atom stereocenters. The Morgan fingerprint density at radius 2 is 1.90 bits per heavy atom. The zero-order valence-electron chi connectivity index (χ0n) is 12.8. The van der Waals surface area contributed by atoms with E-state index in [4.69, 9.17) is 9.47 Å². The molecule has 0 saturated carbocycles. The van der Waals surface area contributed by atoms with Gasteiger partial charge in [0.05, 0.1) is 6.10 Å². The number of nitrogens with zero attached hydrogens (tertiary/aromatic N) is 1. The molecule has 0 radical (unpaired) electrons. The normalized spacial score (nSPS) is 30.6. The van der Waals surface area contributed by atoms with Crippen molar-refractivity contribution in [2.75, 3.05) is 6.54 Å². The second kappa shape index (κ2) is 5.72. The van der Waals surface area contributed by atoms with Crippen molar-refractivity contribution in [1.29, 1.82) is 0 Å². The third kappa shape index (κ3) is 3.51. The van der Waals surface area contributed by atoms with Gasteiger partial charge < -0.3 is 14.4 Å². The van der Waals surface area contributed by atoms with E-state index in [0.29, 0.717) is 13.0 Å². The zero-order valence-corrected chi connectivity index (χ0v) is 12.8. The second-order valence-corrected chi connectivity index (χ2v) is 6.74. The lowest BCUT2D eigenvalue weighted by molar-refractivity contribution is -0.165. The van der Waals surface area contributed by atoms with Gasteiger partial charge in [0.25, 0.3) is 5.91 Å². The summed E-state index contributed by atoms with van der Waals surface area (Å²) >= 11 is 0. The van der Waals surface area contributed by atoms with Crippen LogP contribution in [0.3, 0.4) is 0 Å². The monoisotopic (exact) mass is 283 g/mol. The van der Waals surface area contributed by atoms with Crippen LogP contribution in [0.4, 0.5) is 0 Å². The van der Waals surface area contributed by atoms with Crippen LogP contribution < -0.4 is 0 Å². The van der Waals surface area contributed by atoms with Crippen molar-refractivity contribution in [3.05, 3.63) is 0 Å². The third-order valence-corrected chi connectivity index (χ3v) is 3.72. The molecule has 0 aromatic heterocycles. The summed E-state index contributed by atoms with van der Waals surface area (Å²) in [5, 5.41) is 0. The maximum Gasteiger partial charge on any atom is 0.329 e. The molecular weight excluding hydrogens is 258 g/mol. The Morgan fingerprint density at radius 1 is 1.20 bits per heavy atom. The molecule has 0 aromatic rings. The van der Waals surface area contributed by atoms with Crippen LogP contribution in [-0.2, 0) is 19.1 Å². The van der Waals surface area contributed by atoms with Crippen molar-refractivity contribution in [2.45, 2.75) is 77.2 Å². The van der Waals surface area contributed by atoms with Crippen LogP contribution in [0, 0.1) is 0 Å². The number of amides is 1. The lowest BCUT2D eigenvalue weighted by atomic mass is 10.1. The van der Waals surface area contributed by atoms with Gasteiger partial charge in [-0.15, -0.1) is 0 Å². The Labute approximate surface area is 120 Å². The highest BCUT2D eigenvalue weighted by molar-refractivity contribution is 5.88. The molecule has 1 amide bonds. The van der Waals surface area contributed by atoms with Gasteiger partial charge in [-0.05, 0) is 53.4 Å². The summed E-state index contributed by atoms with van der Waals surface area (Å²) in [5.74, 6) is -0.350. The van der Waals surface area contributed by atoms with Crippen LogP contribution in [0.15, 0.2) is 0 Å². The second-order valence-electron chi connectivity index (χ2n) is 6.74.